The van der Waals surface area contributed by atoms with Gasteiger partial charge in [-0.25, -0.2) is 4.39 Å². The molecule has 5 nitrogen and oxygen atoms in total. The van der Waals surface area contributed by atoms with Gasteiger partial charge in [0.25, 0.3) is 11.8 Å². The minimum Gasteiger partial charge on any atom is -0.373 e. The summed E-state index contributed by atoms with van der Waals surface area (Å²) in [6, 6.07) is 6.78. The fourth-order valence-electron chi connectivity index (χ4n) is 1.92. The standard InChI is InChI=1S/C17H12Cl2F4N2O3/c1-16(28,17(21,22)23)15(27)25-12-5-2-8(6-10(12)19)14(26)24-13-7-9(18)3-4-11(13)20/h2-7,28H,1H3,(H,24,26)(H,25,27). The van der Waals surface area contributed by atoms with E-state index >= 15 is 0 Å². The Balaban J connectivity index is 2.19. The van der Waals surface area contributed by atoms with E-state index in [1.54, 1.807) is 0 Å². The van der Waals surface area contributed by atoms with Crippen molar-refractivity contribution >= 4 is 46.4 Å². The van der Waals surface area contributed by atoms with E-state index in [2.05, 4.69) is 5.32 Å². The number of anilines is 2. The predicted molar refractivity (Wildman–Crippen MR) is 96.1 cm³/mol. The van der Waals surface area contributed by atoms with Gasteiger partial charge in [-0.1, -0.05) is 23.2 Å². The summed E-state index contributed by atoms with van der Waals surface area (Å²) in [5, 5.41) is 13.4. The molecule has 0 fully saturated rings. The van der Waals surface area contributed by atoms with Gasteiger partial charge in [0.1, 0.15) is 5.82 Å². The van der Waals surface area contributed by atoms with Crippen LogP contribution in [0.3, 0.4) is 0 Å². The molecule has 28 heavy (non-hydrogen) atoms. The monoisotopic (exact) mass is 438 g/mol. The van der Waals surface area contributed by atoms with E-state index in [4.69, 9.17) is 23.2 Å². The Hall–Kier alpha value is -2.36. The zero-order chi connectivity index (χ0) is 21.3. The molecule has 0 saturated heterocycles. The highest BCUT2D eigenvalue weighted by molar-refractivity contribution is 6.34. The van der Waals surface area contributed by atoms with E-state index in [1.807, 2.05) is 5.32 Å². The number of carbonyl (C=O) groups excluding carboxylic acids is 2. The molecular weight excluding hydrogens is 427 g/mol. The first kappa shape index (κ1) is 21.9. The van der Waals surface area contributed by atoms with Gasteiger partial charge in [-0.2, -0.15) is 13.2 Å². The highest BCUT2D eigenvalue weighted by Gasteiger charge is 2.55. The summed E-state index contributed by atoms with van der Waals surface area (Å²) in [5.74, 6) is -3.26. The van der Waals surface area contributed by atoms with Crippen LogP contribution in [0, 0.1) is 5.82 Å². The van der Waals surface area contributed by atoms with Crippen LogP contribution in [0.25, 0.3) is 0 Å². The van der Waals surface area contributed by atoms with Gasteiger partial charge in [0.15, 0.2) is 0 Å². The third-order valence-electron chi connectivity index (χ3n) is 3.65. The smallest absolute Gasteiger partial charge is 0.373 e. The zero-order valence-corrected chi connectivity index (χ0v) is 15.5. The third-order valence-corrected chi connectivity index (χ3v) is 4.20. The number of alkyl halides is 3. The van der Waals surface area contributed by atoms with Crippen LogP contribution in [0.1, 0.15) is 17.3 Å². The zero-order valence-electron chi connectivity index (χ0n) is 14.0. The highest BCUT2D eigenvalue weighted by atomic mass is 35.5. The van der Waals surface area contributed by atoms with Crippen LogP contribution in [0.2, 0.25) is 10.0 Å². The van der Waals surface area contributed by atoms with Crippen molar-refractivity contribution in [3.8, 4) is 0 Å². The second-order valence-electron chi connectivity index (χ2n) is 5.80. The van der Waals surface area contributed by atoms with Crippen molar-refractivity contribution < 1.29 is 32.3 Å². The van der Waals surface area contributed by atoms with E-state index < -0.39 is 29.4 Å². The average molecular weight is 439 g/mol. The van der Waals surface area contributed by atoms with Crippen LogP contribution in [-0.2, 0) is 4.79 Å². The molecule has 1 unspecified atom stereocenters. The third kappa shape index (κ3) is 4.73. The number of nitrogens with one attached hydrogen (secondary N) is 2. The molecule has 0 aliphatic carbocycles. The first-order valence-corrected chi connectivity index (χ1v) is 8.25. The second-order valence-corrected chi connectivity index (χ2v) is 6.64. The van der Waals surface area contributed by atoms with Crippen molar-refractivity contribution in [2.75, 3.05) is 10.6 Å². The lowest BCUT2D eigenvalue weighted by Crippen LogP contribution is -2.52. The maximum absolute atomic E-state index is 13.7. The van der Waals surface area contributed by atoms with Gasteiger partial charge >= 0.3 is 6.18 Å². The van der Waals surface area contributed by atoms with Crippen molar-refractivity contribution in [3.63, 3.8) is 0 Å². The molecule has 0 heterocycles. The van der Waals surface area contributed by atoms with Gasteiger partial charge in [0.05, 0.1) is 16.4 Å². The van der Waals surface area contributed by atoms with Crippen molar-refractivity contribution in [1.29, 1.82) is 0 Å². The number of halogens is 6. The highest BCUT2D eigenvalue weighted by Crippen LogP contribution is 2.32. The first-order chi connectivity index (χ1) is 12.8. The molecule has 2 amide bonds. The quantitative estimate of drug-likeness (QED) is 0.608. The lowest BCUT2D eigenvalue weighted by Gasteiger charge is -2.25. The molecule has 150 valence electrons. The molecule has 0 aromatic heterocycles. The lowest BCUT2D eigenvalue weighted by molar-refractivity contribution is -0.242. The van der Waals surface area contributed by atoms with Crippen LogP contribution in [0.15, 0.2) is 36.4 Å². The molecule has 1 atom stereocenters. The Morgan fingerprint density at radius 1 is 1.00 bits per heavy atom. The number of aliphatic hydroxyl groups is 1. The summed E-state index contributed by atoms with van der Waals surface area (Å²) in [6.07, 6.45) is -5.20. The molecule has 0 radical (unpaired) electrons. The predicted octanol–water partition coefficient (Wildman–Crippen LogP) is 4.64. The molecule has 2 rings (SSSR count). The molecule has 11 heteroatoms. The largest absolute Gasteiger partial charge is 0.426 e. The van der Waals surface area contributed by atoms with E-state index in [-0.39, 0.29) is 33.9 Å². The van der Waals surface area contributed by atoms with Crippen molar-refractivity contribution in [2.24, 2.45) is 0 Å². The number of carbonyl (C=O) groups is 2. The molecule has 0 spiro atoms. The van der Waals surface area contributed by atoms with Crippen LogP contribution < -0.4 is 10.6 Å². The van der Waals surface area contributed by atoms with Crippen LogP contribution >= 0.6 is 23.2 Å². The topological polar surface area (TPSA) is 78.4 Å². The van der Waals surface area contributed by atoms with Gasteiger partial charge in [-0.15, -0.1) is 0 Å². The Bertz CT molecular complexity index is 933. The van der Waals surface area contributed by atoms with Crippen LogP contribution in [0.4, 0.5) is 28.9 Å². The summed E-state index contributed by atoms with van der Waals surface area (Å²) in [4.78, 5) is 23.9. The number of amides is 2. The van der Waals surface area contributed by atoms with E-state index in [1.165, 1.54) is 12.1 Å². The summed E-state index contributed by atoms with van der Waals surface area (Å²) in [5.41, 5.74) is -4.16. The maximum atomic E-state index is 13.7. The van der Waals surface area contributed by atoms with Crippen molar-refractivity contribution in [3.05, 3.63) is 57.8 Å². The molecule has 0 aliphatic heterocycles. The van der Waals surface area contributed by atoms with Crippen LogP contribution in [-0.4, -0.2) is 28.7 Å². The van der Waals surface area contributed by atoms with Gasteiger partial charge in [0.2, 0.25) is 5.60 Å². The van der Waals surface area contributed by atoms with Crippen molar-refractivity contribution in [2.45, 2.75) is 18.7 Å². The van der Waals surface area contributed by atoms with Crippen molar-refractivity contribution in [1.82, 2.24) is 0 Å². The Morgan fingerprint density at radius 3 is 2.21 bits per heavy atom. The Labute approximate surface area is 166 Å². The molecular formula is C17H12Cl2F4N2O3. The molecule has 2 aromatic rings. The number of hydrogen-bond acceptors (Lipinski definition) is 3. The average Bonchev–Trinajstić information content (AvgIpc) is 2.58. The minimum atomic E-state index is -5.20. The second kappa shape index (κ2) is 7.94. The number of benzene rings is 2. The van der Waals surface area contributed by atoms with E-state index in [0.29, 0.717) is 0 Å². The fourth-order valence-corrected chi connectivity index (χ4v) is 2.32. The SMILES string of the molecule is CC(O)(C(=O)Nc1ccc(C(=O)Nc2cc(Cl)ccc2F)cc1Cl)C(F)(F)F. The Kier molecular flexibility index (Phi) is 6.22. The fraction of sp³-hybridized carbons (Fsp3) is 0.176. The molecule has 0 saturated carbocycles. The minimum absolute atomic E-state index is 0.0649. The maximum Gasteiger partial charge on any atom is 0.426 e. The van der Waals surface area contributed by atoms with E-state index in [9.17, 15) is 32.3 Å². The van der Waals surface area contributed by atoms with E-state index in [0.717, 1.165) is 24.3 Å². The van der Waals surface area contributed by atoms with Gasteiger partial charge in [0, 0.05) is 10.6 Å². The van der Waals surface area contributed by atoms with Crippen LogP contribution in [0.5, 0.6) is 0 Å². The number of hydrogen-bond donors (Lipinski definition) is 3. The molecule has 3 N–H and O–H groups in total. The summed E-state index contributed by atoms with van der Waals surface area (Å²) < 4.78 is 51.7. The molecule has 2 aromatic carbocycles. The first-order valence-electron chi connectivity index (χ1n) is 7.49. The summed E-state index contributed by atoms with van der Waals surface area (Å²) in [6.45, 7) is 0.289. The molecule has 0 aliphatic rings. The number of rotatable bonds is 4. The van der Waals surface area contributed by atoms with Gasteiger partial charge < -0.3 is 15.7 Å². The van der Waals surface area contributed by atoms with Gasteiger partial charge in [-0.05, 0) is 43.3 Å². The summed E-state index contributed by atoms with van der Waals surface area (Å²) >= 11 is 11.6. The summed E-state index contributed by atoms with van der Waals surface area (Å²) in [7, 11) is 0. The molecule has 0 bridgehead atoms. The lowest BCUT2D eigenvalue weighted by atomic mass is 10.1. The van der Waals surface area contributed by atoms with Gasteiger partial charge in [-0.3, -0.25) is 9.59 Å². The normalized spacial score (nSPS) is 13.6. The Morgan fingerprint density at radius 2 is 1.64 bits per heavy atom.